The zero-order valence-electron chi connectivity index (χ0n) is 13.7. The fourth-order valence-electron chi connectivity index (χ4n) is 3.85. The summed E-state index contributed by atoms with van der Waals surface area (Å²) in [5.41, 5.74) is 2.45. The molecule has 1 aromatic carbocycles. The number of hydrogen-bond acceptors (Lipinski definition) is 3. The van der Waals surface area contributed by atoms with E-state index in [0.717, 1.165) is 23.1 Å². The maximum absolute atomic E-state index is 11.9. The summed E-state index contributed by atoms with van der Waals surface area (Å²) in [5.74, 6) is 1.35. The average Bonchev–Trinajstić information content (AvgIpc) is 3.12. The lowest BCUT2D eigenvalue weighted by atomic mass is 9.95. The van der Waals surface area contributed by atoms with Crippen molar-refractivity contribution in [2.24, 2.45) is 11.8 Å². The van der Waals surface area contributed by atoms with Crippen molar-refractivity contribution in [2.45, 2.75) is 45.6 Å². The topological polar surface area (TPSA) is 50.4 Å². The lowest BCUT2D eigenvalue weighted by Crippen LogP contribution is -2.40. The molecular weight excluding hydrogens is 308 g/mol. The summed E-state index contributed by atoms with van der Waals surface area (Å²) in [6, 6.07) is 6.00. The molecule has 23 heavy (non-hydrogen) atoms. The summed E-state index contributed by atoms with van der Waals surface area (Å²) >= 11 is 5.47. The molecule has 0 unspecified atom stereocenters. The van der Waals surface area contributed by atoms with Gasteiger partial charge in [-0.05, 0) is 74.9 Å². The number of fused-ring (bicyclic) bond motifs is 2. The molecule has 0 aliphatic heterocycles. The van der Waals surface area contributed by atoms with Crippen molar-refractivity contribution < 1.29 is 9.53 Å². The molecule has 5 heteroatoms. The number of aryl methyl sites for hydroxylation is 1. The molecule has 124 valence electrons. The minimum absolute atomic E-state index is 0.303. The summed E-state index contributed by atoms with van der Waals surface area (Å²) in [4.78, 5) is 11.9. The van der Waals surface area contributed by atoms with E-state index >= 15 is 0 Å². The number of anilines is 1. The Labute approximate surface area is 143 Å². The van der Waals surface area contributed by atoms with Crippen molar-refractivity contribution in [1.29, 1.82) is 0 Å². The van der Waals surface area contributed by atoms with Gasteiger partial charge >= 0.3 is 5.97 Å². The maximum atomic E-state index is 11.9. The number of hydrogen-bond donors (Lipinski definition) is 2. The molecule has 0 spiro atoms. The smallest absolute Gasteiger partial charge is 0.338 e. The van der Waals surface area contributed by atoms with Gasteiger partial charge in [0.2, 0.25) is 0 Å². The monoisotopic (exact) mass is 332 g/mol. The van der Waals surface area contributed by atoms with Crippen molar-refractivity contribution in [3.05, 3.63) is 29.3 Å². The van der Waals surface area contributed by atoms with Crippen LogP contribution in [0.25, 0.3) is 0 Å². The molecular formula is C18H24N2O2S. The van der Waals surface area contributed by atoms with Gasteiger partial charge in [0.05, 0.1) is 12.2 Å². The van der Waals surface area contributed by atoms with Gasteiger partial charge in [-0.2, -0.15) is 0 Å². The fraction of sp³-hybridized carbons (Fsp3) is 0.556. The second-order valence-electron chi connectivity index (χ2n) is 6.63. The predicted octanol–water partition coefficient (Wildman–Crippen LogP) is 3.65. The lowest BCUT2D eigenvalue weighted by Gasteiger charge is -2.25. The number of carbonyl (C=O) groups is 1. The van der Waals surface area contributed by atoms with Gasteiger partial charge < -0.3 is 15.4 Å². The Kier molecular flexibility index (Phi) is 4.85. The first-order chi connectivity index (χ1) is 11.1. The molecule has 0 heterocycles. The van der Waals surface area contributed by atoms with E-state index in [1.807, 2.05) is 19.1 Å². The van der Waals surface area contributed by atoms with E-state index in [2.05, 4.69) is 10.6 Å². The van der Waals surface area contributed by atoms with Crippen LogP contribution in [-0.4, -0.2) is 23.7 Å². The third kappa shape index (κ3) is 3.66. The van der Waals surface area contributed by atoms with Crippen LogP contribution in [0, 0.1) is 18.8 Å². The minimum atomic E-state index is -0.303. The normalized spacial score (nSPS) is 25.2. The van der Waals surface area contributed by atoms with Gasteiger partial charge in [0, 0.05) is 11.7 Å². The maximum Gasteiger partial charge on any atom is 0.338 e. The first kappa shape index (κ1) is 16.2. The van der Waals surface area contributed by atoms with Gasteiger partial charge in [0.25, 0.3) is 0 Å². The van der Waals surface area contributed by atoms with Crippen molar-refractivity contribution in [1.82, 2.24) is 5.32 Å². The Morgan fingerprint density at radius 1 is 1.35 bits per heavy atom. The zero-order chi connectivity index (χ0) is 16.4. The van der Waals surface area contributed by atoms with Crippen molar-refractivity contribution >= 4 is 29.0 Å². The second-order valence-corrected chi connectivity index (χ2v) is 7.04. The Hall–Kier alpha value is -1.62. The fourth-order valence-corrected chi connectivity index (χ4v) is 4.11. The highest BCUT2D eigenvalue weighted by Gasteiger charge is 2.39. The van der Waals surface area contributed by atoms with Crippen LogP contribution in [0.2, 0.25) is 0 Å². The number of benzene rings is 1. The van der Waals surface area contributed by atoms with Crippen LogP contribution in [0.1, 0.15) is 48.5 Å². The summed E-state index contributed by atoms with van der Waals surface area (Å²) < 4.78 is 5.05. The summed E-state index contributed by atoms with van der Waals surface area (Å²) in [6.45, 7) is 4.18. The van der Waals surface area contributed by atoms with Crippen LogP contribution in [-0.2, 0) is 4.74 Å². The third-order valence-corrected chi connectivity index (χ3v) is 5.27. The van der Waals surface area contributed by atoms with Crippen LogP contribution in [0.5, 0.6) is 0 Å². The molecule has 1 aromatic rings. The van der Waals surface area contributed by atoms with Gasteiger partial charge in [0.15, 0.2) is 5.11 Å². The van der Waals surface area contributed by atoms with Crippen LogP contribution < -0.4 is 10.6 Å². The standard InChI is InChI=1S/C18H24N2O2S/c1-3-22-17(21)14-6-4-11(2)15(10-14)19-18(23)20-16-9-12-5-7-13(16)8-12/h4,6,10,12-13,16H,3,5,7-9H2,1-2H3,(H2,19,20,23)/t12-,13+,16-/m0/s1. The van der Waals surface area contributed by atoms with E-state index in [0.29, 0.717) is 23.3 Å². The van der Waals surface area contributed by atoms with Crippen LogP contribution in [0.4, 0.5) is 5.69 Å². The van der Waals surface area contributed by atoms with Gasteiger partial charge in [-0.1, -0.05) is 12.5 Å². The minimum Gasteiger partial charge on any atom is -0.462 e. The summed E-state index contributed by atoms with van der Waals surface area (Å²) in [7, 11) is 0. The van der Waals surface area contributed by atoms with E-state index in [4.69, 9.17) is 17.0 Å². The number of rotatable bonds is 4. The van der Waals surface area contributed by atoms with Crippen LogP contribution in [0.3, 0.4) is 0 Å². The van der Waals surface area contributed by atoms with Crippen LogP contribution in [0.15, 0.2) is 18.2 Å². The molecule has 3 atom stereocenters. The molecule has 0 amide bonds. The van der Waals surface area contributed by atoms with E-state index in [-0.39, 0.29) is 5.97 Å². The van der Waals surface area contributed by atoms with Crippen LogP contribution >= 0.6 is 12.2 Å². The number of thiocarbonyl (C=S) groups is 1. The lowest BCUT2D eigenvalue weighted by molar-refractivity contribution is 0.0526. The Balaban J connectivity index is 1.63. The quantitative estimate of drug-likeness (QED) is 0.651. The number of nitrogens with one attached hydrogen (secondary N) is 2. The molecule has 2 aliphatic carbocycles. The van der Waals surface area contributed by atoms with E-state index in [9.17, 15) is 4.79 Å². The van der Waals surface area contributed by atoms with Gasteiger partial charge in [-0.3, -0.25) is 0 Å². The van der Waals surface area contributed by atoms with Crippen molar-refractivity contribution in [2.75, 3.05) is 11.9 Å². The molecule has 2 bridgehead atoms. The van der Waals surface area contributed by atoms with E-state index in [1.54, 1.807) is 13.0 Å². The number of esters is 1. The highest BCUT2D eigenvalue weighted by molar-refractivity contribution is 7.80. The Morgan fingerprint density at radius 3 is 2.83 bits per heavy atom. The van der Waals surface area contributed by atoms with E-state index < -0.39 is 0 Å². The average molecular weight is 332 g/mol. The molecule has 2 fully saturated rings. The SMILES string of the molecule is CCOC(=O)c1ccc(C)c(NC(=S)N[C@H]2C[C@H]3CC[C@@H]2C3)c1. The summed E-state index contributed by atoms with van der Waals surface area (Å²) in [5, 5.41) is 7.36. The second kappa shape index (κ2) is 6.87. The molecule has 2 aliphatic rings. The molecule has 0 saturated heterocycles. The first-order valence-corrected chi connectivity index (χ1v) is 8.83. The highest BCUT2D eigenvalue weighted by Crippen LogP contribution is 2.44. The molecule has 4 nitrogen and oxygen atoms in total. The Bertz CT molecular complexity index is 617. The molecule has 0 radical (unpaired) electrons. The van der Waals surface area contributed by atoms with Crippen molar-refractivity contribution in [3.63, 3.8) is 0 Å². The molecule has 2 N–H and O–H groups in total. The largest absolute Gasteiger partial charge is 0.462 e. The van der Waals surface area contributed by atoms with Gasteiger partial charge in [-0.15, -0.1) is 0 Å². The summed E-state index contributed by atoms with van der Waals surface area (Å²) in [6.07, 6.45) is 5.28. The predicted molar refractivity (Wildman–Crippen MR) is 95.7 cm³/mol. The van der Waals surface area contributed by atoms with Gasteiger partial charge in [0.1, 0.15) is 0 Å². The molecule has 0 aromatic heterocycles. The Morgan fingerprint density at radius 2 is 2.17 bits per heavy atom. The van der Waals surface area contributed by atoms with Crippen molar-refractivity contribution in [3.8, 4) is 0 Å². The molecule has 2 saturated carbocycles. The zero-order valence-corrected chi connectivity index (χ0v) is 14.5. The number of ether oxygens (including phenoxy) is 1. The van der Waals surface area contributed by atoms with E-state index in [1.165, 1.54) is 25.7 Å². The first-order valence-electron chi connectivity index (χ1n) is 8.42. The molecule has 3 rings (SSSR count). The third-order valence-electron chi connectivity index (χ3n) is 5.05. The highest BCUT2D eigenvalue weighted by atomic mass is 32.1. The van der Waals surface area contributed by atoms with Gasteiger partial charge in [-0.25, -0.2) is 4.79 Å². The number of carbonyl (C=O) groups excluding carboxylic acids is 1.